The highest BCUT2D eigenvalue weighted by molar-refractivity contribution is 6.98. The van der Waals surface area contributed by atoms with Crippen LogP contribution in [0.5, 0.6) is 23.0 Å². The lowest BCUT2D eigenvalue weighted by molar-refractivity contribution is 0.464. The Morgan fingerprint density at radius 1 is 0.260 bits per heavy atom. The predicted molar refractivity (Wildman–Crippen MR) is 301 cm³/mol. The van der Waals surface area contributed by atoms with Gasteiger partial charge in [0.25, 0.3) is 6.71 Å². The number of benzene rings is 11. The van der Waals surface area contributed by atoms with Gasteiger partial charge in [-0.2, -0.15) is 0 Å². The van der Waals surface area contributed by atoms with E-state index in [4.69, 9.17) is 9.47 Å². The number of nitrogens with zero attached hydrogens (tertiary/aromatic N) is 4. The molecule has 7 heteroatoms. The van der Waals surface area contributed by atoms with Crippen LogP contribution in [0.3, 0.4) is 0 Å². The van der Waals surface area contributed by atoms with Gasteiger partial charge >= 0.3 is 0 Å². The Labute approximate surface area is 418 Å². The molecular weight excluding hydrogens is 892 g/mol. The number of rotatable bonds is 4. The Morgan fingerprint density at radius 2 is 0.685 bits per heavy atom. The molecule has 338 valence electrons. The molecule has 2 aliphatic rings. The smallest absolute Gasteiger partial charge is 0.260 e. The molecular formula is C66H39BN4O2. The zero-order chi connectivity index (χ0) is 47.5. The van der Waals surface area contributed by atoms with Crippen molar-refractivity contribution in [2.24, 2.45) is 0 Å². The third-order valence-corrected chi connectivity index (χ3v) is 15.8. The zero-order valence-electron chi connectivity index (χ0n) is 39.2. The van der Waals surface area contributed by atoms with Gasteiger partial charge in [-0.05, 0) is 83.7 Å². The number of fused-ring (bicyclic) bond motifs is 18. The summed E-state index contributed by atoms with van der Waals surface area (Å²) in [5.41, 5.74) is 16.8. The Hall–Kier alpha value is -9.72. The minimum atomic E-state index is -0.107. The monoisotopic (exact) mass is 930 g/mol. The minimum Gasteiger partial charge on any atom is -0.458 e. The van der Waals surface area contributed by atoms with Crippen LogP contribution in [0.4, 0.5) is 0 Å². The molecule has 2 aliphatic heterocycles. The molecule has 0 atom stereocenters. The minimum absolute atomic E-state index is 0.107. The van der Waals surface area contributed by atoms with Crippen molar-refractivity contribution >= 4 is 110 Å². The van der Waals surface area contributed by atoms with Crippen molar-refractivity contribution < 1.29 is 9.47 Å². The summed E-state index contributed by atoms with van der Waals surface area (Å²) in [6.07, 6.45) is 0. The quantitative estimate of drug-likeness (QED) is 0.165. The fourth-order valence-corrected chi connectivity index (χ4v) is 13.0. The van der Waals surface area contributed by atoms with Crippen molar-refractivity contribution in [3.63, 3.8) is 0 Å². The summed E-state index contributed by atoms with van der Waals surface area (Å²) in [5, 5.41) is 9.63. The predicted octanol–water partition coefficient (Wildman–Crippen LogP) is 14.8. The van der Waals surface area contributed by atoms with Gasteiger partial charge in [-0.15, -0.1) is 0 Å². The molecule has 0 radical (unpaired) electrons. The third-order valence-electron chi connectivity index (χ3n) is 15.8. The number of para-hydroxylation sites is 7. The van der Waals surface area contributed by atoms with E-state index < -0.39 is 0 Å². The summed E-state index contributed by atoms with van der Waals surface area (Å²) in [6.45, 7) is -0.107. The first-order chi connectivity index (χ1) is 36.2. The second-order valence-electron chi connectivity index (χ2n) is 19.5. The third kappa shape index (κ3) is 5.22. The van der Waals surface area contributed by atoms with Crippen molar-refractivity contribution in [1.82, 2.24) is 18.3 Å². The Bertz CT molecular complexity index is 4870. The summed E-state index contributed by atoms with van der Waals surface area (Å²) in [4.78, 5) is 0. The molecule has 0 spiro atoms. The summed E-state index contributed by atoms with van der Waals surface area (Å²) in [7, 11) is 0. The van der Waals surface area contributed by atoms with Crippen molar-refractivity contribution in [3.8, 4) is 45.7 Å². The van der Waals surface area contributed by atoms with E-state index in [9.17, 15) is 0 Å². The molecule has 0 bridgehead atoms. The van der Waals surface area contributed by atoms with E-state index in [1.807, 2.05) is 0 Å². The summed E-state index contributed by atoms with van der Waals surface area (Å²) in [5.74, 6) is 3.28. The molecule has 0 N–H and O–H groups in total. The van der Waals surface area contributed by atoms with Crippen LogP contribution < -0.4 is 25.9 Å². The molecule has 0 unspecified atom stereocenters. The van der Waals surface area contributed by atoms with E-state index in [0.717, 1.165) is 95.2 Å². The summed E-state index contributed by atoms with van der Waals surface area (Å²) >= 11 is 0. The Balaban J connectivity index is 0.921. The second-order valence-corrected chi connectivity index (χ2v) is 19.5. The van der Waals surface area contributed by atoms with Gasteiger partial charge in [0.05, 0.1) is 49.8 Å². The van der Waals surface area contributed by atoms with Crippen molar-refractivity contribution in [3.05, 3.63) is 237 Å². The van der Waals surface area contributed by atoms with E-state index >= 15 is 0 Å². The van der Waals surface area contributed by atoms with Gasteiger partial charge in [-0.1, -0.05) is 146 Å². The van der Waals surface area contributed by atoms with E-state index in [0.29, 0.717) is 0 Å². The van der Waals surface area contributed by atoms with Crippen LogP contribution in [0.15, 0.2) is 237 Å². The average Bonchev–Trinajstić information content (AvgIpc) is 4.18. The maximum absolute atomic E-state index is 7.39. The van der Waals surface area contributed by atoms with E-state index in [-0.39, 0.29) is 6.71 Å². The standard InChI is InChI=1S/C66H39BN4O2/c1-3-17-40(18-4-1)68-54-28-14-9-23-48(54)62-56(68)35-32-46-44-21-7-12-26-52(44)70(65(46)62)42-31-34-51-59(37-42)73-61-39-43(38-60-64(61)67(51)50-25-11-16-30-58(50)72-60)71-53-27-13-8-22-45(53)47-33-36-57-63(66(47)71)49-24-10-15-29-55(49)69(57)41-19-5-2-6-20-41/h1-39H. The van der Waals surface area contributed by atoms with Crippen LogP contribution in [0.1, 0.15) is 0 Å². The molecule has 0 saturated heterocycles. The topological polar surface area (TPSA) is 38.2 Å². The van der Waals surface area contributed by atoms with Crippen molar-refractivity contribution in [2.75, 3.05) is 0 Å². The van der Waals surface area contributed by atoms with Gasteiger partial charge in [0, 0.05) is 83.8 Å². The zero-order valence-corrected chi connectivity index (χ0v) is 39.2. The maximum atomic E-state index is 7.39. The van der Waals surface area contributed by atoms with Crippen molar-refractivity contribution in [1.29, 1.82) is 0 Å². The molecule has 0 aliphatic carbocycles. The lowest BCUT2D eigenvalue weighted by Gasteiger charge is -2.33. The van der Waals surface area contributed by atoms with Crippen LogP contribution in [0, 0.1) is 0 Å². The molecule has 15 aromatic rings. The molecule has 6 nitrogen and oxygen atoms in total. The fraction of sp³-hybridized carbons (Fsp3) is 0. The summed E-state index contributed by atoms with van der Waals surface area (Å²) in [6, 6.07) is 85.6. The Kier molecular flexibility index (Phi) is 7.73. The number of aromatic nitrogens is 4. The van der Waals surface area contributed by atoms with Crippen molar-refractivity contribution in [2.45, 2.75) is 0 Å². The van der Waals surface area contributed by atoms with Gasteiger partial charge in [0.2, 0.25) is 0 Å². The Morgan fingerprint density at radius 3 is 1.25 bits per heavy atom. The highest BCUT2D eigenvalue weighted by Gasteiger charge is 2.41. The van der Waals surface area contributed by atoms with Crippen LogP contribution in [-0.2, 0) is 0 Å². The fourth-order valence-electron chi connectivity index (χ4n) is 13.0. The molecule has 73 heavy (non-hydrogen) atoms. The van der Waals surface area contributed by atoms with Gasteiger partial charge in [0.1, 0.15) is 23.0 Å². The highest BCUT2D eigenvalue weighted by Crippen LogP contribution is 2.46. The molecule has 0 saturated carbocycles. The first-order valence-electron chi connectivity index (χ1n) is 25.0. The number of hydrogen-bond acceptors (Lipinski definition) is 2. The molecule has 6 heterocycles. The van der Waals surface area contributed by atoms with Crippen LogP contribution >= 0.6 is 0 Å². The van der Waals surface area contributed by atoms with E-state index in [1.54, 1.807) is 0 Å². The lowest BCUT2D eigenvalue weighted by Crippen LogP contribution is -2.57. The molecule has 0 fully saturated rings. The normalized spacial score (nSPS) is 12.8. The van der Waals surface area contributed by atoms with Gasteiger partial charge < -0.3 is 27.7 Å². The second kappa shape index (κ2) is 14.4. The van der Waals surface area contributed by atoms with Gasteiger partial charge in [0.15, 0.2) is 0 Å². The van der Waals surface area contributed by atoms with Crippen LogP contribution in [0.2, 0.25) is 0 Å². The highest BCUT2D eigenvalue weighted by atomic mass is 16.5. The molecule has 17 rings (SSSR count). The first kappa shape index (κ1) is 39.1. The van der Waals surface area contributed by atoms with E-state index in [1.165, 1.54) is 54.1 Å². The largest absolute Gasteiger partial charge is 0.458 e. The first-order valence-corrected chi connectivity index (χ1v) is 25.0. The van der Waals surface area contributed by atoms with Gasteiger partial charge in [-0.25, -0.2) is 0 Å². The number of ether oxygens (including phenoxy) is 2. The summed E-state index contributed by atoms with van der Waals surface area (Å²) < 4.78 is 24.1. The van der Waals surface area contributed by atoms with Gasteiger partial charge in [-0.3, -0.25) is 0 Å². The molecule has 11 aromatic carbocycles. The van der Waals surface area contributed by atoms with E-state index in [2.05, 4.69) is 255 Å². The molecule has 4 aromatic heterocycles. The SMILES string of the molecule is c1ccc(-n2c3ccccc3c3c2ccc2c4ccccc4n(-c4ccc5c(c4)Oc4cc(-n6c7ccccc7c7ccc8c(c9ccccc9n8-c8ccccc8)c76)cc6c4B5c4ccccc4O6)c23)cc1. The van der Waals surface area contributed by atoms with Crippen LogP contribution in [0.25, 0.3) is 110 Å². The maximum Gasteiger partial charge on any atom is 0.260 e. The average molecular weight is 931 g/mol. The number of hydrogen-bond donors (Lipinski definition) is 0. The molecule has 0 amide bonds. The lowest BCUT2D eigenvalue weighted by atomic mass is 9.35. The van der Waals surface area contributed by atoms with Crippen LogP contribution in [-0.4, -0.2) is 25.0 Å².